The Bertz CT molecular complexity index is 470. The van der Waals surface area contributed by atoms with Crippen LogP contribution in [0.1, 0.15) is 44.1 Å². The van der Waals surface area contributed by atoms with Gasteiger partial charge in [-0.1, -0.05) is 28.8 Å². The maximum atomic E-state index is 5.84. The summed E-state index contributed by atoms with van der Waals surface area (Å²) in [5.41, 5.74) is 7.52. The van der Waals surface area contributed by atoms with Gasteiger partial charge in [-0.15, -0.1) is 0 Å². The predicted molar refractivity (Wildman–Crippen MR) is 90.1 cm³/mol. The van der Waals surface area contributed by atoms with Gasteiger partial charge in [-0.05, 0) is 50.1 Å². The van der Waals surface area contributed by atoms with Crippen LogP contribution in [0, 0.1) is 5.41 Å². The van der Waals surface area contributed by atoms with Crippen LogP contribution in [0.25, 0.3) is 0 Å². The molecule has 4 heteroatoms. The van der Waals surface area contributed by atoms with E-state index in [-0.39, 0.29) is 0 Å². The van der Waals surface area contributed by atoms with E-state index in [2.05, 4.69) is 15.9 Å². The van der Waals surface area contributed by atoms with Crippen LogP contribution in [0.3, 0.4) is 0 Å². The molecule has 3 nitrogen and oxygen atoms in total. The van der Waals surface area contributed by atoms with Gasteiger partial charge < -0.3 is 15.2 Å². The fourth-order valence-electron chi connectivity index (χ4n) is 3.58. The maximum Gasteiger partial charge on any atom is 0.126 e. The molecule has 1 aromatic rings. The molecule has 2 N–H and O–H groups in total. The molecule has 0 heterocycles. The SMILES string of the molecule is COc1cc(Br)c(CCC2(CCN)CCCC2)c(OC)c1. The summed E-state index contributed by atoms with van der Waals surface area (Å²) in [6.07, 6.45) is 8.69. The fourth-order valence-corrected chi connectivity index (χ4v) is 4.20. The molecule has 0 bridgehead atoms. The Balaban J connectivity index is 2.15. The molecule has 1 saturated carbocycles. The lowest BCUT2D eigenvalue weighted by Gasteiger charge is -2.29. The molecule has 1 aliphatic rings. The van der Waals surface area contributed by atoms with E-state index in [0.29, 0.717) is 5.41 Å². The molecule has 1 aromatic carbocycles. The molecule has 1 fully saturated rings. The van der Waals surface area contributed by atoms with Crippen LogP contribution < -0.4 is 15.2 Å². The first-order chi connectivity index (χ1) is 10.1. The van der Waals surface area contributed by atoms with Crippen LogP contribution >= 0.6 is 15.9 Å². The van der Waals surface area contributed by atoms with Crippen molar-refractivity contribution in [2.45, 2.75) is 44.9 Å². The lowest BCUT2D eigenvalue weighted by molar-refractivity contribution is 0.252. The largest absolute Gasteiger partial charge is 0.497 e. The molecule has 118 valence electrons. The van der Waals surface area contributed by atoms with Crippen molar-refractivity contribution in [3.05, 3.63) is 22.2 Å². The van der Waals surface area contributed by atoms with Crippen LogP contribution in [-0.2, 0) is 6.42 Å². The van der Waals surface area contributed by atoms with Crippen LogP contribution in [0.5, 0.6) is 11.5 Å². The van der Waals surface area contributed by atoms with Gasteiger partial charge in [0.15, 0.2) is 0 Å². The quantitative estimate of drug-likeness (QED) is 0.792. The van der Waals surface area contributed by atoms with Gasteiger partial charge >= 0.3 is 0 Å². The molecule has 0 aliphatic heterocycles. The average Bonchev–Trinajstić information content (AvgIpc) is 2.94. The number of benzene rings is 1. The minimum atomic E-state index is 0.444. The molecule has 2 rings (SSSR count). The predicted octanol–water partition coefficient (Wildman–Crippen LogP) is 4.31. The summed E-state index contributed by atoms with van der Waals surface area (Å²) in [6, 6.07) is 3.98. The van der Waals surface area contributed by atoms with Crippen molar-refractivity contribution in [2.75, 3.05) is 20.8 Å². The third-order valence-electron chi connectivity index (χ3n) is 4.83. The molecule has 0 saturated heterocycles. The van der Waals surface area contributed by atoms with Crippen LogP contribution in [-0.4, -0.2) is 20.8 Å². The topological polar surface area (TPSA) is 44.5 Å². The fraction of sp³-hybridized carbons (Fsp3) is 0.647. The molecule has 0 spiro atoms. The highest BCUT2D eigenvalue weighted by molar-refractivity contribution is 9.10. The van der Waals surface area contributed by atoms with Gasteiger partial charge in [0, 0.05) is 16.1 Å². The Morgan fingerprint density at radius 2 is 1.86 bits per heavy atom. The van der Waals surface area contributed by atoms with Gasteiger partial charge in [0.25, 0.3) is 0 Å². The standard InChI is InChI=1S/C17H26BrNO2/c1-20-13-11-15(18)14(16(12-13)21-2)5-8-17(9-10-19)6-3-4-7-17/h11-12H,3-10,19H2,1-2H3. The summed E-state index contributed by atoms with van der Waals surface area (Å²) in [6.45, 7) is 0.793. The van der Waals surface area contributed by atoms with Gasteiger partial charge in [0.2, 0.25) is 0 Å². The zero-order valence-corrected chi connectivity index (χ0v) is 14.7. The second kappa shape index (κ2) is 7.50. The Hall–Kier alpha value is -0.740. The molecule has 1 aliphatic carbocycles. The molecular formula is C17H26BrNO2. The van der Waals surface area contributed by atoms with Gasteiger partial charge in [-0.25, -0.2) is 0 Å². The highest BCUT2D eigenvalue weighted by atomic mass is 79.9. The first-order valence-electron chi connectivity index (χ1n) is 7.74. The third-order valence-corrected chi connectivity index (χ3v) is 5.54. The minimum absolute atomic E-state index is 0.444. The van der Waals surface area contributed by atoms with Gasteiger partial charge in [-0.3, -0.25) is 0 Å². The third kappa shape index (κ3) is 3.92. The Morgan fingerprint density at radius 1 is 1.14 bits per heavy atom. The first kappa shape index (κ1) is 16.6. The van der Waals surface area contributed by atoms with E-state index in [1.54, 1.807) is 14.2 Å². The maximum absolute atomic E-state index is 5.84. The van der Waals surface area contributed by atoms with E-state index in [4.69, 9.17) is 15.2 Å². The van der Waals surface area contributed by atoms with Gasteiger partial charge in [0.1, 0.15) is 11.5 Å². The van der Waals surface area contributed by atoms with E-state index in [1.807, 2.05) is 12.1 Å². The lowest BCUT2D eigenvalue weighted by Crippen LogP contribution is -2.22. The average molecular weight is 356 g/mol. The van der Waals surface area contributed by atoms with Crippen molar-refractivity contribution in [3.63, 3.8) is 0 Å². The normalized spacial score (nSPS) is 17.0. The Kier molecular flexibility index (Phi) is 5.94. The number of rotatable bonds is 7. The molecule has 0 amide bonds. The van der Waals surface area contributed by atoms with E-state index >= 15 is 0 Å². The lowest BCUT2D eigenvalue weighted by atomic mass is 9.77. The first-order valence-corrected chi connectivity index (χ1v) is 8.54. The number of hydrogen-bond acceptors (Lipinski definition) is 3. The number of methoxy groups -OCH3 is 2. The van der Waals surface area contributed by atoms with Crippen molar-refractivity contribution in [3.8, 4) is 11.5 Å². The van der Waals surface area contributed by atoms with Crippen LogP contribution in [0.2, 0.25) is 0 Å². The smallest absolute Gasteiger partial charge is 0.126 e. The molecule has 0 radical (unpaired) electrons. The highest BCUT2D eigenvalue weighted by Crippen LogP contribution is 2.45. The van der Waals surface area contributed by atoms with Crippen LogP contribution in [0.15, 0.2) is 16.6 Å². The van der Waals surface area contributed by atoms with Crippen molar-refractivity contribution < 1.29 is 9.47 Å². The molecule has 0 atom stereocenters. The molecule has 21 heavy (non-hydrogen) atoms. The monoisotopic (exact) mass is 355 g/mol. The molecule has 0 aromatic heterocycles. The van der Waals surface area contributed by atoms with Crippen molar-refractivity contribution in [2.24, 2.45) is 11.1 Å². The molecular weight excluding hydrogens is 330 g/mol. The highest BCUT2D eigenvalue weighted by Gasteiger charge is 2.33. The number of hydrogen-bond donors (Lipinski definition) is 1. The number of ether oxygens (including phenoxy) is 2. The summed E-state index contributed by atoms with van der Waals surface area (Å²) in [4.78, 5) is 0. The van der Waals surface area contributed by atoms with E-state index in [1.165, 1.54) is 37.7 Å². The minimum Gasteiger partial charge on any atom is -0.497 e. The Labute approximate surface area is 136 Å². The summed E-state index contributed by atoms with van der Waals surface area (Å²) in [5, 5.41) is 0. The second-order valence-electron chi connectivity index (χ2n) is 6.04. The zero-order chi connectivity index (χ0) is 15.3. The van der Waals surface area contributed by atoms with Crippen molar-refractivity contribution in [1.82, 2.24) is 0 Å². The van der Waals surface area contributed by atoms with Crippen LogP contribution in [0.4, 0.5) is 0 Å². The van der Waals surface area contributed by atoms with Crippen molar-refractivity contribution in [1.29, 1.82) is 0 Å². The van der Waals surface area contributed by atoms with E-state index < -0.39 is 0 Å². The summed E-state index contributed by atoms with van der Waals surface area (Å²) in [5.74, 6) is 1.72. The van der Waals surface area contributed by atoms with E-state index in [0.717, 1.165) is 35.4 Å². The summed E-state index contributed by atoms with van der Waals surface area (Å²) in [7, 11) is 3.39. The second-order valence-corrected chi connectivity index (χ2v) is 6.89. The number of nitrogens with two attached hydrogens (primary N) is 1. The Morgan fingerprint density at radius 3 is 2.43 bits per heavy atom. The van der Waals surface area contributed by atoms with Gasteiger partial charge in [-0.2, -0.15) is 0 Å². The van der Waals surface area contributed by atoms with E-state index in [9.17, 15) is 0 Å². The molecule has 0 unspecified atom stereocenters. The van der Waals surface area contributed by atoms with Gasteiger partial charge in [0.05, 0.1) is 14.2 Å². The summed E-state index contributed by atoms with van der Waals surface area (Å²) < 4.78 is 11.9. The zero-order valence-electron chi connectivity index (χ0n) is 13.1. The summed E-state index contributed by atoms with van der Waals surface area (Å²) >= 11 is 3.66. The van der Waals surface area contributed by atoms with Crippen molar-refractivity contribution >= 4 is 15.9 Å². The number of halogens is 1.